The third kappa shape index (κ3) is 4.91. The predicted octanol–water partition coefficient (Wildman–Crippen LogP) is 4.18. The van der Waals surface area contributed by atoms with E-state index in [-0.39, 0.29) is 0 Å². The summed E-state index contributed by atoms with van der Waals surface area (Å²) in [5, 5.41) is 9.34. The van der Waals surface area contributed by atoms with E-state index < -0.39 is 5.97 Å². The molecular formula is C23H30N2O3. The normalized spacial score (nSPS) is 17.6. The number of likely N-dealkylation sites (tertiary alicyclic amines) is 1. The number of ether oxygens (including phenoxy) is 1. The number of aromatic carboxylic acids is 1. The molecule has 3 rings (SSSR count). The van der Waals surface area contributed by atoms with E-state index in [2.05, 4.69) is 48.2 Å². The lowest BCUT2D eigenvalue weighted by atomic mass is 9.93. The first-order valence-corrected chi connectivity index (χ1v) is 9.85. The number of carboxylic acid groups (broad SMARTS) is 1. The fourth-order valence-corrected chi connectivity index (χ4v) is 4.02. The van der Waals surface area contributed by atoms with Crippen molar-refractivity contribution in [1.82, 2.24) is 9.80 Å². The van der Waals surface area contributed by atoms with E-state index in [0.717, 1.165) is 37.2 Å². The molecule has 0 bridgehead atoms. The van der Waals surface area contributed by atoms with E-state index in [1.54, 1.807) is 25.3 Å². The van der Waals surface area contributed by atoms with Gasteiger partial charge in [-0.05, 0) is 62.8 Å². The summed E-state index contributed by atoms with van der Waals surface area (Å²) in [6, 6.07) is 14.4. The lowest BCUT2D eigenvalue weighted by Gasteiger charge is -2.36. The van der Waals surface area contributed by atoms with Gasteiger partial charge in [0.25, 0.3) is 0 Å². The van der Waals surface area contributed by atoms with Gasteiger partial charge < -0.3 is 14.7 Å². The number of carboxylic acids is 1. The second-order valence-corrected chi connectivity index (χ2v) is 7.79. The second-order valence-electron chi connectivity index (χ2n) is 7.79. The van der Waals surface area contributed by atoms with Crippen LogP contribution in [0, 0.1) is 0 Å². The zero-order chi connectivity index (χ0) is 20.1. The van der Waals surface area contributed by atoms with Gasteiger partial charge in [-0.15, -0.1) is 0 Å². The van der Waals surface area contributed by atoms with Gasteiger partial charge in [0.05, 0.1) is 12.7 Å². The fraction of sp³-hybridized carbons (Fsp3) is 0.435. The number of hydrogen-bond acceptors (Lipinski definition) is 4. The van der Waals surface area contributed by atoms with Crippen molar-refractivity contribution in [1.29, 1.82) is 0 Å². The SMILES string of the molecule is COc1ccc(C(=O)O)cc1CN1CCCCC1c1ccc(CN(C)C)cc1. The first-order chi connectivity index (χ1) is 13.5. The Bertz CT molecular complexity index is 802. The van der Waals surface area contributed by atoms with Gasteiger partial charge in [-0.25, -0.2) is 4.79 Å². The van der Waals surface area contributed by atoms with Crippen LogP contribution in [0.5, 0.6) is 5.75 Å². The molecule has 0 saturated carbocycles. The maximum atomic E-state index is 11.4. The molecule has 1 saturated heterocycles. The standard InChI is InChI=1S/C23H30N2O3/c1-24(2)15-17-7-9-18(10-8-17)21-6-4-5-13-25(21)16-20-14-19(23(26)27)11-12-22(20)28-3/h7-12,14,21H,4-6,13,15-16H2,1-3H3,(H,26,27). The molecule has 1 aliphatic rings. The Balaban J connectivity index is 1.82. The van der Waals surface area contributed by atoms with Crippen molar-refractivity contribution in [2.24, 2.45) is 0 Å². The highest BCUT2D eigenvalue weighted by Gasteiger charge is 2.25. The number of nitrogens with zero attached hydrogens (tertiary/aromatic N) is 2. The molecule has 2 aromatic rings. The fourth-order valence-electron chi connectivity index (χ4n) is 4.02. The summed E-state index contributed by atoms with van der Waals surface area (Å²) in [5.41, 5.74) is 3.87. The molecule has 1 aliphatic heterocycles. The Hall–Kier alpha value is -2.37. The quantitative estimate of drug-likeness (QED) is 0.778. The average molecular weight is 383 g/mol. The molecule has 2 aromatic carbocycles. The molecule has 5 heteroatoms. The van der Waals surface area contributed by atoms with Crippen LogP contribution in [0.25, 0.3) is 0 Å². The predicted molar refractivity (Wildman–Crippen MR) is 111 cm³/mol. The Kier molecular flexibility index (Phi) is 6.70. The van der Waals surface area contributed by atoms with E-state index in [4.69, 9.17) is 4.74 Å². The average Bonchev–Trinajstić information content (AvgIpc) is 2.68. The Labute approximate surface area is 167 Å². The summed E-state index contributed by atoms with van der Waals surface area (Å²) in [6.07, 6.45) is 3.50. The van der Waals surface area contributed by atoms with E-state index in [1.807, 2.05) is 0 Å². The van der Waals surface area contributed by atoms with E-state index in [0.29, 0.717) is 18.2 Å². The summed E-state index contributed by atoms with van der Waals surface area (Å²) in [4.78, 5) is 16.0. The van der Waals surface area contributed by atoms with Crippen molar-refractivity contribution in [2.45, 2.75) is 38.4 Å². The highest BCUT2D eigenvalue weighted by atomic mass is 16.5. The summed E-state index contributed by atoms with van der Waals surface area (Å²) < 4.78 is 5.49. The van der Waals surface area contributed by atoms with Gasteiger partial charge in [0.15, 0.2) is 0 Å². The molecule has 0 radical (unpaired) electrons. The minimum atomic E-state index is -0.907. The van der Waals surface area contributed by atoms with Gasteiger partial charge in [0.2, 0.25) is 0 Å². The smallest absolute Gasteiger partial charge is 0.335 e. The van der Waals surface area contributed by atoms with Crippen molar-refractivity contribution >= 4 is 5.97 Å². The Morgan fingerprint density at radius 3 is 2.57 bits per heavy atom. The maximum Gasteiger partial charge on any atom is 0.335 e. The molecule has 1 atom stereocenters. The molecule has 0 aromatic heterocycles. The maximum absolute atomic E-state index is 11.4. The van der Waals surface area contributed by atoms with Gasteiger partial charge >= 0.3 is 5.97 Å². The molecule has 1 unspecified atom stereocenters. The summed E-state index contributed by atoms with van der Waals surface area (Å²) in [6.45, 7) is 2.63. The molecular weight excluding hydrogens is 352 g/mol. The zero-order valence-electron chi connectivity index (χ0n) is 17.0. The van der Waals surface area contributed by atoms with Gasteiger partial charge in [-0.3, -0.25) is 4.90 Å². The van der Waals surface area contributed by atoms with Gasteiger partial charge in [-0.2, -0.15) is 0 Å². The van der Waals surface area contributed by atoms with Crippen molar-refractivity contribution in [2.75, 3.05) is 27.7 Å². The van der Waals surface area contributed by atoms with Crippen LogP contribution in [0.2, 0.25) is 0 Å². The van der Waals surface area contributed by atoms with Crippen molar-refractivity contribution < 1.29 is 14.6 Å². The summed E-state index contributed by atoms with van der Waals surface area (Å²) >= 11 is 0. The van der Waals surface area contributed by atoms with Gasteiger partial charge in [0, 0.05) is 24.7 Å². The third-order valence-corrected chi connectivity index (χ3v) is 5.38. The number of rotatable bonds is 7. The molecule has 1 fully saturated rings. The van der Waals surface area contributed by atoms with Crippen molar-refractivity contribution in [3.8, 4) is 5.75 Å². The van der Waals surface area contributed by atoms with Crippen LogP contribution in [0.1, 0.15) is 52.4 Å². The van der Waals surface area contributed by atoms with Crippen LogP contribution in [0.15, 0.2) is 42.5 Å². The van der Waals surface area contributed by atoms with Crippen molar-refractivity contribution in [3.05, 3.63) is 64.7 Å². The second kappa shape index (κ2) is 9.22. The van der Waals surface area contributed by atoms with Crippen LogP contribution in [-0.2, 0) is 13.1 Å². The first kappa shape index (κ1) is 20.4. The minimum Gasteiger partial charge on any atom is -0.496 e. The van der Waals surface area contributed by atoms with E-state index in [1.165, 1.54) is 17.5 Å². The van der Waals surface area contributed by atoms with Crippen LogP contribution in [0.4, 0.5) is 0 Å². The Morgan fingerprint density at radius 2 is 1.93 bits per heavy atom. The van der Waals surface area contributed by atoms with E-state index in [9.17, 15) is 9.90 Å². The number of hydrogen-bond donors (Lipinski definition) is 1. The molecule has 150 valence electrons. The molecule has 1 N–H and O–H groups in total. The summed E-state index contributed by atoms with van der Waals surface area (Å²) in [7, 11) is 5.79. The molecule has 0 spiro atoms. The largest absolute Gasteiger partial charge is 0.496 e. The molecule has 28 heavy (non-hydrogen) atoms. The van der Waals surface area contributed by atoms with Crippen LogP contribution in [-0.4, -0.2) is 48.6 Å². The van der Waals surface area contributed by atoms with Gasteiger partial charge in [0.1, 0.15) is 5.75 Å². The first-order valence-electron chi connectivity index (χ1n) is 9.85. The Morgan fingerprint density at radius 1 is 1.18 bits per heavy atom. The minimum absolute atomic E-state index is 0.303. The van der Waals surface area contributed by atoms with E-state index >= 15 is 0 Å². The monoisotopic (exact) mass is 382 g/mol. The number of methoxy groups -OCH3 is 1. The molecule has 0 amide bonds. The zero-order valence-corrected chi connectivity index (χ0v) is 17.0. The summed E-state index contributed by atoms with van der Waals surface area (Å²) in [5.74, 6) is -0.161. The number of carbonyl (C=O) groups is 1. The van der Waals surface area contributed by atoms with Crippen LogP contribution >= 0.6 is 0 Å². The number of benzene rings is 2. The van der Waals surface area contributed by atoms with Crippen LogP contribution < -0.4 is 4.74 Å². The lowest BCUT2D eigenvalue weighted by Crippen LogP contribution is -2.33. The highest BCUT2D eigenvalue weighted by Crippen LogP contribution is 2.34. The van der Waals surface area contributed by atoms with Crippen LogP contribution in [0.3, 0.4) is 0 Å². The molecule has 1 heterocycles. The van der Waals surface area contributed by atoms with Gasteiger partial charge in [-0.1, -0.05) is 30.7 Å². The number of piperidine rings is 1. The molecule has 5 nitrogen and oxygen atoms in total. The lowest BCUT2D eigenvalue weighted by molar-refractivity contribution is 0.0696. The third-order valence-electron chi connectivity index (χ3n) is 5.38. The molecule has 0 aliphatic carbocycles. The highest BCUT2D eigenvalue weighted by molar-refractivity contribution is 5.88. The topological polar surface area (TPSA) is 53.0 Å². The van der Waals surface area contributed by atoms with Crippen molar-refractivity contribution in [3.63, 3.8) is 0 Å².